The number of aromatic nitrogens is 4. The highest BCUT2D eigenvalue weighted by molar-refractivity contribution is 7.92. The molecule has 10 nitrogen and oxygen atoms in total. The number of sulfonamides is 1. The molecule has 3 fully saturated rings. The van der Waals surface area contributed by atoms with Gasteiger partial charge in [0.15, 0.2) is 0 Å². The van der Waals surface area contributed by atoms with Crippen LogP contribution in [-0.2, 0) is 10.0 Å². The van der Waals surface area contributed by atoms with E-state index in [9.17, 15) is 8.42 Å². The minimum absolute atomic E-state index is 0.337. The van der Waals surface area contributed by atoms with Crippen molar-refractivity contribution >= 4 is 27.3 Å². The second kappa shape index (κ2) is 9.85. The number of anilines is 3. The molecule has 202 valence electrons. The van der Waals surface area contributed by atoms with Gasteiger partial charge in [-0.25, -0.2) is 23.1 Å². The fraction of sp³-hybridized carbons (Fsp3) is 0.519. The Labute approximate surface area is 223 Å². The van der Waals surface area contributed by atoms with Gasteiger partial charge < -0.3 is 14.9 Å². The number of nitrogens with one attached hydrogen (secondary N) is 1. The lowest BCUT2D eigenvalue weighted by Crippen LogP contribution is -2.35. The van der Waals surface area contributed by atoms with Crippen molar-refractivity contribution in [3.63, 3.8) is 0 Å². The number of aryl methyl sites for hydroxylation is 1. The molecule has 0 radical (unpaired) electrons. The predicted octanol–water partition coefficient (Wildman–Crippen LogP) is 3.35. The van der Waals surface area contributed by atoms with Gasteiger partial charge in [0.2, 0.25) is 16.0 Å². The molecule has 3 aromatic rings. The third-order valence-corrected chi connectivity index (χ3v) is 9.35. The Bertz CT molecular complexity index is 1420. The minimum atomic E-state index is -3.62. The highest BCUT2D eigenvalue weighted by atomic mass is 32.2. The average molecular weight is 538 g/mol. The maximum absolute atomic E-state index is 12.3. The van der Waals surface area contributed by atoms with Crippen molar-refractivity contribution in [2.24, 2.45) is 5.41 Å². The van der Waals surface area contributed by atoms with Crippen molar-refractivity contribution in [2.75, 3.05) is 53.1 Å². The molecular formula is C27H35N7O3S. The molecule has 0 atom stereocenters. The first-order valence-corrected chi connectivity index (χ1v) is 15.1. The van der Waals surface area contributed by atoms with E-state index in [1.165, 1.54) is 12.8 Å². The van der Waals surface area contributed by atoms with Crippen LogP contribution in [0.2, 0.25) is 0 Å². The first-order chi connectivity index (χ1) is 18.3. The second-order valence-electron chi connectivity index (χ2n) is 10.9. The van der Waals surface area contributed by atoms with Gasteiger partial charge in [-0.05, 0) is 75.1 Å². The standard InChI is InChI=1S/C27H35N7O3S/c1-20-16-23(30-26(29-20)33-10-2-3-11-33)21-18-28-34(19-21)24-5-4-22(31-38(36,37)15-14-35)17-25(24)32-12-8-27(6-7-27)9-13-32/h4-5,16-19,31,35H,2-3,6-15H2,1H3. The first-order valence-electron chi connectivity index (χ1n) is 13.5. The largest absolute Gasteiger partial charge is 0.395 e. The molecular weight excluding hydrogens is 502 g/mol. The van der Waals surface area contributed by atoms with Crippen molar-refractivity contribution in [1.82, 2.24) is 19.7 Å². The first kappa shape index (κ1) is 25.1. The summed E-state index contributed by atoms with van der Waals surface area (Å²) < 4.78 is 29.1. The average Bonchev–Trinajstić information content (AvgIpc) is 3.29. The van der Waals surface area contributed by atoms with Crippen LogP contribution >= 0.6 is 0 Å². The molecule has 1 spiro atoms. The van der Waals surface area contributed by atoms with Crippen molar-refractivity contribution < 1.29 is 13.5 Å². The molecule has 2 saturated heterocycles. The second-order valence-corrected chi connectivity index (χ2v) is 12.7. The number of piperidine rings is 1. The van der Waals surface area contributed by atoms with E-state index in [-0.39, 0.29) is 5.75 Å². The molecule has 1 saturated carbocycles. The Balaban J connectivity index is 1.33. The molecule has 3 aliphatic rings. The third-order valence-electron chi connectivity index (χ3n) is 8.09. The zero-order valence-corrected chi connectivity index (χ0v) is 22.6. The summed E-state index contributed by atoms with van der Waals surface area (Å²) in [5.41, 5.74) is 5.51. The van der Waals surface area contributed by atoms with Gasteiger partial charge in [0, 0.05) is 43.6 Å². The molecule has 2 aliphatic heterocycles. The van der Waals surface area contributed by atoms with Gasteiger partial charge in [-0.3, -0.25) is 4.72 Å². The molecule has 11 heteroatoms. The molecule has 6 rings (SSSR count). The molecule has 2 N–H and O–H groups in total. The highest BCUT2D eigenvalue weighted by Gasteiger charge is 2.44. The van der Waals surface area contributed by atoms with Crippen molar-refractivity contribution in [3.8, 4) is 16.9 Å². The Kier molecular flexibility index (Phi) is 6.51. The Morgan fingerprint density at radius 3 is 2.45 bits per heavy atom. The molecule has 1 aliphatic carbocycles. The summed E-state index contributed by atoms with van der Waals surface area (Å²) in [7, 11) is -3.62. The van der Waals surface area contributed by atoms with E-state index in [0.717, 1.165) is 86.1 Å². The van der Waals surface area contributed by atoms with E-state index in [2.05, 4.69) is 19.5 Å². The van der Waals surface area contributed by atoms with Crippen LogP contribution in [0.25, 0.3) is 16.9 Å². The summed E-state index contributed by atoms with van der Waals surface area (Å²) in [5, 5.41) is 13.8. The lowest BCUT2D eigenvalue weighted by molar-refractivity contribution is 0.320. The summed E-state index contributed by atoms with van der Waals surface area (Å²) in [6, 6.07) is 7.53. The van der Waals surface area contributed by atoms with Crippen LogP contribution in [0.1, 0.15) is 44.2 Å². The summed E-state index contributed by atoms with van der Waals surface area (Å²) in [6.07, 6.45) is 11.1. The van der Waals surface area contributed by atoms with Crippen molar-refractivity contribution in [2.45, 2.75) is 45.4 Å². The Morgan fingerprint density at radius 2 is 1.74 bits per heavy atom. The van der Waals surface area contributed by atoms with Crippen LogP contribution in [0, 0.1) is 12.3 Å². The lowest BCUT2D eigenvalue weighted by Gasteiger charge is -2.35. The van der Waals surface area contributed by atoms with E-state index in [4.69, 9.17) is 15.2 Å². The molecule has 38 heavy (non-hydrogen) atoms. The molecule has 2 aromatic heterocycles. The van der Waals surface area contributed by atoms with Gasteiger partial charge in [-0.2, -0.15) is 5.10 Å². The van der Waals surface area contributed by atoms with Crippen LogP contribution in [0.5, 0.6) is 0 Å². The fourth-order valence-electron chi connectivity index (χ4n) is 5.63. The van der Waals surface area contributed by atoms with E-state index in [1.807, 2.05) is 42.2 Å². The molecule has 0 unspecified atom stereocenters. The summed E-state index contributed by atoms with van der Waals surface area (Å²) >= 11 is 0. The number of aliphatic hydroxyl groups excluding tert-OH is 1. The summed E-state index contributed by atoms with van der Waals surface area (Å²) in [5.74, 6) is 0.434. The maximum atomic E-state index is 12.3. The topological polar surface area (TPSA) is 116 Å². The number of hydrogen-bond donors (Lipinski definition) is 2. The highest BCUT2D eigenvalue weighted by Crippen LogP contribution is 2.54. The van der Waals surface area contributed by atoms with Gasteiger partial charge in [0.1, 0.15) is 0 Å². The fourth-order valence-corrected chi connectivity index (χ4v) is 6.46. The quantitative estimate of drug-likeness (QED) is 0.449. The number of benzene rings is 1. The van der Waals surface area contributed by atoms with E-state index in [0.29, 0.717) is 11.1 Å². The minimum Gasteiger partial charge on any atom is -0.395 e. The van der Waals surface area contributed by atoms with Gasteiger partial charge in [-0.1, -0.05) is 0 Å². The monoisotopic (exact) mass is 537 g/mol. The van der Waals surface area contributed by atoms with E-state index >= 15 is 0 Å². The number of rotatable bonds is 8. The van der Waals surface area contributed by atoms with Gasteiger partial charge >= 0.3 is 0 Å². The zero-order valence-electron chi connectivity index (χ0n) is 21.8. The predicted molar refractivity (Wildman–Crippen MR) is 148 cm³/mol. The van der Waals surface area contributed by atoms with Crippen LogP contribution in [0.3, 0.4) is 0 Å². The third kappa shape index (κ3) is 5.22. The van der Waals surface area contributed by atoms with E-state index in [1.54, 1.807) is 6.07 Å². The number of aliphatic hydroxyl groups is 1. The molecule has 1 aromatic carbocycles. The summed E-state index contributed by atoms with van der Waals surface area (Å²) in [4.78, 5) is 14.1. The number of hydrogen-bond acceptors (Lipinski definition) is 8. The molecule has 0 bridgehead atoms. The van der Waals surface area contributed by atoms with Crippen LogP contribution in [0.15, 0.2) is 36.7 Å². The zero-order chi connectivity index (χ0) is 26.3. The van der Waals surface area contributed by atoms with E-state index < -0.39 is 16.6 Å². The van der Waals surface area contributed by atoms with Crippen LogP contribution < -0.4 is 14.5 Å². The Hall–Kier alpha value is -3.18. The Morgan fingerprint density at radius 1 is 0.974 bits per heavy atom. The lowest BCUT2D eigenvalue weighted by atomic mass is 9.93. The van der Waals surface area contributed by atoms with Crippen LogP contribution in [0.4, 0.5) is 17.3 Å². The molecule has 4 heterocycles. The van der Waals surface area contributed by atoms with Crippen molar-refractivity contribution in [3.05, 3.63) is 42.4 Å². The van der Waals surface area contributed by atoms with Crippen molar-refractivity contribution in [1.29, 1.82) is 0 Å². The summed E-state index contributed by atoms with van der Waals surface area (Å²) in [6.45, 7) is 5.39. The SMILES string of the molecule is Cc1cc(-c2cnn(-c3ccc(NS(=O)(=O)CCO)cc3N3CCC4(CC3)CC4)c2)nc(N2CCCC2)n1. The maximum Gasteiger partial charge on any atom is 0.234 e. The van der Waals surface area contributed by atoms with Gasteiger partial charge in [0.25, 0.3) is 0 Å². The van der Waals surface area contributed by atoms with Gasteiger partial charge in [0.05, 0.1) is 41.3 Å². The van der Waals surface area contributed by atoms with Crippen LogP contribution in [-0.4, -0.2) is 71.8 Å². The normalized spacial score (nSPS) is 18.8. The smallest absolute Gasteiger partial charge is 0.234 e. The van der Waals surface area contributed by atoms with Gasteiger partial charge in [-0.15, -0.1) is 0 Å². The number of nitrogens with zero attached hydrogens (tertiary/aromatic N) is 6. The molecule has 0 amide bonds.